The highest BCUT2D eigenvalue weighted by atomic mass is 32.2. The van der Waals surface area contributed by atoms with Gasteiger partial charge in [-0.25, -0.2) is 18.6 Å². The minimum atomic E-state index is -1.29. The van der Waals surface area contributed by atoms with Gasteiger partial charge < -0.3 is 15.0 Å². The third-order valence-electron chi connectivity index (χ3n) is 5.54. The number of unbranched alkanes of at least 4 members (excludes halogenated alkanes) is 1. The highest BCUT2D eigenvalue weighted by Crippen LogP contribution is 2.39. The molecule has 1 aromatic carbocycles. The fourth-order valence-corrected chi connectivity index (χ4v) is 5.07. The van der Waals surface area contributed by atoms with E-state index in [0.29, 0.717) is 23.2 Å². The topological polar surface area (TPSA) is 85.8 Å². The molecule has 2 heterocycles. The van der Waals surface area contributed by atoms with Gasteiger partial charge in [0.1, 0.15) is 34.6 Å². The van der Waals surface area contributed by atoms with Gasteiger partial charge in [-0.1, -0.05) is 32.3 Å². The molecule has 1 atom stereocenters. The van der Waals surface area contributed by atoms with E-state index in [1.807, 2.05) is 19.2 Å². The number of hydrogen-bond acceptors (Lipinski definition) is 4. The molecule has 0 spiro atoms. The van der Waals surface area contributed by atoms with E-state index < -0.39 is 16.8 Å². The molecular weight excluding hydrogens is 389 g/mol. The van der Waals surface area contributed by atoms with Crippen LogP contribution < -0.4 is 10.5 Å². The number of halogens is 1. The van der Waals surface area contributed by atoms with Crippen LogP contribution in [0, 0.1) is 5.82 Å². The van der Waals surface area contributed by atoms with Gasteiger partial charge in [-0.3, -0.25) is 0 Å². The van der Waals surface area contributed by atoms with Gasteiger partial charge in [-0.05, 0) is 37.0 Å². The quantitative estimate of drug-likeness (QED) is 0.580. The molecule has 8 heteroatoms. The van der Waals surface area contributed by atoms with Crippen LogP contribution in [0.5, 0.6) is 0 Å². The van der Waals surface area contributed by atoms with Crippen molar-refractivity contribution in [3.05, 3.63) is 36.5 Å². The molecule has 0 radical (unpaired) electrons. The lowest BCUT2D eigenvalue weighted by molar-refractivity contribution is 0.532. The monoisotopic (exact) mass is 415 g/mol. The van der Waals surface area contributed by atoms with E-state index in [9.17, 15) is 8.60 Å². The van der Waals surface area contributed by atoms with Crippen molar-refractivity contribution in [2.24, 2.45) is 0 Å². The number of nitrogen functional groups attached to an aromatic ring is 1. The maximum atomic E-state index is 14.8. The number of nitrogens with zero attached hydrogens (tertiary/aromatic N) is 3. The molecule has 0 amide bonds. The van der Waals surface area contributed by atoms with E-state index in [1.54, 1.807) is 6.07 Å². The van der Waals surface area contributed by atoms with E-state index in [0.717, 1.165) is 42.3 Å². The molecule has 4 rings (SSSR count). The molecule has 1 fully saturated rings. The van der Waals surface area contributed by atoms with Gasteiger partial charge in [0.05, 0.1) is 11.1 Å². The molecule has 154 valence electrons. The van der Waals surface area contributed by atoms with Crippen molar-refractivity contribution >= 4 is 33.5 Å². The lowest BCUT2D eigenvalue weighted by Gasteiger charge is -2.12. The van der Waals surface area contributed by atoms with E-state index in [-0.39, 0.29) is 5.69 Å². The van der Waals surface area contributed by atoms with Gasteiger partial charge in [0.2, 0.25) is 0 Å². The molecule has 0 aliphatic heterocycles. The fourth-order valence-electron chi connectivity index (χ4n) is 4.00. The summed E-state index contributed by atoms with van der Waals surface area (Å²) in [6.45, 7) is 2.03. The van der Waals surface area contributed by atoms with Crippen molar-refractivity contribution in [3.8, 4) is 11.1 Å². The summed E-state index contributed by atoms with van der Waals surface area (Å²) in [5.74, 6) is 0.454. The van der Waals surface area contributed by atoms with Gasteiger partial charge in [0.15, 0.2) is 0 Å². The number of rotatable bonds is 7. The van der Waals surface area contributed by atoms with Gasteiger partial charge in [-0.2, -0.15) is 0 Å². The first kappa shape index (κ1) is 19.8. The summed E-state index contributed by atoms with van der Waals surface area (Å²) in [7, 11) is -1.29. The number of nitrogens with one attached hydrogen (secondary N) is 1. The Morgan fingerprint density at radius 1 is 1.31 bits per heavy atom. The van der Waals surface area contributed by atoms with Crippen LogP contribution in [0.4, 0.5) is 15.9 Å². The maximum absolute atomic E-state index is 14.8. The number of hydrogen-bond donors (Lipinski definition) is 2. The van der Waals surface area contributed by atoms with Gasteiger partial charge in [0.25, 0.3) is 0 Å². The van der Waals surface area contributed by atoms with Crippen LogP contribution >= 0.6 is 0 Å². The predicted octanol–water partition coefficient (Wildman–Crippen LogP) is 4.81. The van der Waals surface area contributed by atoms with Gasteiger partial charge >= 0.3 is 0 Å². The zero-order chi connectivity index (χ0) is 20.4. The molecule has 1 saturated carbocycles. The van der Waals surface area contributed by atoms with E-state index in [4.69, 9.17) is 5.73 Å². The molecule has 0 saturated heterocycles. The number of anilines is 2. The number of fused-ring (bicyclic) bond motifs is 1. The number of nitrogens with two attached hydrogens (primary N) is 1. The second kappa shape index (κ2) is 8.49. The fraction of sp³-hybridized carbons (Fsp3) is 0.429. The van der Waals surface area contributed by atoms with E-state index >= 15 is 0 Å². The highest BCUT2D eigenvalue weighted by Gasteiger charge is 2.23. The van der Waals surface area contributed by atoms with Crippen molar-refractivity contribution in [2.45, 2.75) is 51.5 Å². The van der Waals surface area contributed by atoms with Crippen molar-refractivity contribution in [3.63, 3.8) is 0 Å². The molecule has 29 heavy (non-hydrogen) atoms. The SMILES string of the molecule is CCCCS(=O)Nc1ccc(-c2cn(C3CCCC3)c3ncnc(N)c23)cc1F. The molecule has 2 aromatic heterocycles. The molecule has 1 aliphatic rings. The molecule has 3 N–H and O–H groups in total. The molecule has 0 bridgehead atoms. The zero-order valence-corrected chi connectivity index (χ0v) is 17.3. The summed E-state index contributed by atoms with van der Waals surface area (Å²) in [6, 6.07) is 5.29. The third kappa shape index (κ3) is 3.99. The first-order valence-corrected chi connectivity index (χ1v) is 11.5. The van der Waals surface area contributed by atoms with Crippen molar-refractivity contribution < 1.29 is 8.60 Å². The highest BCUT2D eigenvalue weighted by molar-refractivity contribution is 7.86. The van der Waals surface area contributed by atoms with Crippen LogP contribution in [0.15, 0.2) is 30.7 Å². The van der Waals surface area contributed by atoms with Crippen molar-refractivity contribution in [2.75, 3.05) is 16.2 Å². The van der Waals surface area contributed by atoms with Crippen LogP contribution in [-0.2, 0) is 11.0 Å². The Balaban J connectivity index is 1.71. The summed E-state index contributed by atoms with van der Waals surface area (Å²) in [4.78, 5) is 8.61. The molecule has 3 aromatic rings. The van der Waals surface area contributed by atoms with Crippen LogP contribution in [0.2, 0.25) is 0 Å². The lowest BCUT2D eigenvalue weighted by atomic mass is 10.1. The van der Waals surface area contributed by atoms with E-state index in [2.05, 4.69) is 19.3 Å². The van der Waals surface area contributed by atoms with Crippen LogP contribution in [0.3, 0.4) is 0 Å². The van der Waals surface area contributed by atoms with Crippen LogP contribution in [-0.4, -0.2) is 24.5 Å². The Morgan fingerprint density at radius 3 is 2.83 bits per heavy atom. The van der Waals surface area contributed by atoms with E-state index in [1.165, 1.54) is 25.2 Å². The largest absolute Gasteiger partial charge is 0.383 e. The summed E-state index contributed by atoms with van der Waals surface area (Å²) in [5.41, 5.74) is 8.74. The average Bonchev–Trinajstić information content (AvgIpc) is 3.36. The van der Waals surface area contributed by atoms with Crippen LogP contribution in [0.25, 0.3) is 22.2 Å². The Morgan fingerprint density at radius 2 is 2.10 bits per heavy atom. The molecular formula is C21H26FN5OS. The normalized spacial score (nSPS) is 15.8. The molecule has 6 nitrogen and oxygen atoms in total. The minimum Gasteiger partial charge on any atom is -0.383 e. The first-order valence-electron chi connectivity index (χ1n) is 10.1. The second-order valence-corrected chi connectivity index (χ2v) is 8.85. The smallest absolute Gasteiger partial charge is 0.147 e. The lowest BCUT2D eigenvalue weighted by Crippen LogP contribution is -2.09. The van der Waals surface area contributed by atoms with Crippen molar-refractivity contribution in [1.29, 1.82) is 0 Å². The molecule has 1 unspecified atom stereocenters. The summed E-state index contributed by atoms with van der Waals surface area (Å²) in [6.07, 6.45) is 9.89. The minimum absolute atomic E-state index is 0.243. The first-order chi connectivity index (χ1) is 14.1. The number of aromatic nitrogens is 3. The summed E-state index contributed by atoms with van der Waals surface area (Å²) >= 11 is 0. The van der Waals surface area contributed by atoms with Gasteiger partial charge in [-0.15, -0.1) is 0 Å². The Bertz CT molecular complexity index is 1040. The maximum Gasteiger partial charge on any atom is 0.147 e. The Kier molecular flexibility index (Phi) is 5.80. The average molecular weight is 416 g/mol. The third-order valence-corrected chi connectivity index (χ3v) is 6.65. The van der Waals surface area contributed by atoms with Crippen molar-refractivity contribution in [1.82, 2.24) is 14.5 Å². The summed E-state index contributed by atoms with van der Waals surface area (Å²) < 4.78 is 31.7. The summed E-state index contributed by atoms with van der Waals surface area (Å²) in [5, 5.41) is 0.756. The molecule has 1 aliphatic carbocycles. The zero-order valence-electron chi connectivity index (χ0n) is 16.5. The second-order valence-electron chi connectivity index (χ2n) is 7.55. The Labute approximate surface area is 172 Å². The predicted molar refractivity (Wildman–Crippen MR) is 116 cm³/mol. The number of benzene rings is 1. The Hall–Kier alpha value is -2.48. The van der Waals surface area contributed by atoms with Gasteiger partial charge in [0, 0.05) is 23.6 Å². The van der Waals surface area contributed by atoms with Crippen LogP contribution in [0.1, 0.15) is 51.5 Å². The standard InChI is InChI=1S/C21H26FN5OS/c1-2-3-10-29(28)26-18-9-8-14(11-17(18)22)16-12-27(15-6-4-5-7-15)21-19(16)20(23)24-13-25-21/h8-9,11-13,15,26H,2-7,10H2,1H3,(H2,23,24,25).